The molecule has 1 aliphatic heterocycles. The zero-order valence-corrected chi connectivity index (χ0v) is 18.7. The molecule has 1 atom stereocenters. The second kappa shape index (κ2) is 8.46. The molecule has 8 nitrogen and oxygen atoms in total. The van der Waals surface area contributed by atoms with Crippen molar-refractivity contribution in [3.05, 3.63) is 77.6 Å². The molecule has 2 aromatic heterocycles. The van der Waals surface area contributed by atoms with Crippen LogP contribution in [0, 0.1) is 6.92 Å². The minimum atomic E-state index is -0.150. The van der Waals surface area contributed by atoms with E-state index in [0.717, 1.165) is 28.1 Å². The summed E-state index contributed by atoms with van der Waals surface area (Å²) in [6.45, 7) is 5.91. The predicted octanol–water partition coefficient (Wildman–Crippen LogP) is 4.29. The summed E-state index contributed by atoms with van der Waals surface area (Å²) in [5.74, 6) is 1.43. The van der Waals surface area contributed by atoms with E-state index in [9.17, 15) is 4.79 Å². The highest BCUT2D eigenvalue weighted by atomic mass is 16.5. The van der Waals surface area contributed by atoms with E-state index in [1.807, 2.05) is 75.4 Å². The number of anilines is 1. The Morgan fingerprint density at radius 3 is 2.73 bits per heavy atom. The van der Waals surface area contributed by atoms with Crippen molar-refractivity contribution in [3.8, 4) is 23.0 Å². The lowest BCUT2D eigenvalue weighted by Crippen LogP contribution is -2.25. The first-order chi connectivity index (χ1) is 16.0. The quantitative estimate of drug-likeness (QED) is 0.497. The molecular weight excluding hydrogens is 416 g/mol. The maximum atomic E-state index is 12.7. The molecule has 1 N–H and O–H groups in total. The summed E-state index contributed by atoms with van der Waals surface area (Å²) < 4.78 is 7.44. The minimum Gasteiger partial charge on any atom is -0.491 e. The van der Waals surface area contributed by atoms with Crippen LogP contribution in [-0.4, -0.2) is 37.0 Å². The number of carbonyl (C=O) groups excluding carboxylic acids is 1. The third-order valence-electron chi connectivity index (χ3n) is 5.54. The van der Waals surface area contributed by atoms with Gasteiger partial charge in [-0.05, 0) is 38.5 Å². The molecule has 0 saturated carbocycles. The topological polar surface area (TPSA) is 94.8 Å². The van der Waals surface area contributed by atoms with Crippen LogP contribution in [0.3, 0.4) is 0 Å². The number of hydrogen-bond acceptors (Lipinski definition) is 6. The Balaban J connectivity index is 1.58. The summed E-state index contributed by atoms with van der Waals surface area (Å²) >= 11 is 0. The third kappa shape index (κ3) is 4.07. The summed E-state index contributed by atoms with van der Waals surface area (Å²) in [6, 6.07) is 17.7. The molecule has 2 aromatic carbocycles. The average molecular weight is 441 g/mol. The highest BCUT2D eigenvalue weighted by Gasteiger charge is 2.33. The Labute approximate surface area is 191 Å². The molecule has 166 valence electrons. The third-order valence-corrected chi connectivity index (χ3v) is 5.54. The van der Waals surface area contributed by atoms with E-state index in [1.54, 1.807) is 10.9 Å². The molecule has 1 aliphatic rings. The Bertz CT molecular complexity index is 1320. The zero-order chi connectivity index (χ0) is 22.9. The first-order valence-electron chi connectivity index (χ1n) is 10.9. The summed E-state index contributed by atoms with van der Waals surface area (Å²) in [5, 5.41) is 16.0. The summed E-state index contributed by atoms with van der Waals surface area (Å²) in [5.41, 5.74) is 4.36. The SMILES string of the molecule is Cc1nn(-c2nncc(-c3ccccc3)n2)c2c1[C@@H](c1cccc(OC(C)C)c1)CC(=O)N2. The van der Waals surface area contributed by atoms with E-state index in [0.29, 0.717) is 23.9 Å². The minimum absolute atomic E-state index is 0.0662. The Morgan fingerprint density at radius 2 is 1.94 bits per heavy atom. The molecule has 1 amide bonds. The smallest absolute Gasteiger partial charge is 0.272 e. The zero-order valence-electron chi connectivity index (χ0n) is 18.7. The molecule has 0 aliphatic carbocycles. The fourth-order valence-electron chi connectivity index (χ4n) is 4.19. The summed E-state index contributed by atoms with van der Waals surface area (Å²) in [6.07, 6.45) is 2.01. The normalized spacial score (nSPS) is 15.3. The van der Waals surface area contributed by atoms with Gasteiger partial charge < -0.3 is 10.1 Å². The van der Waals surface area contributed by atoms with Crippen LogP contribution in [0.2, 0.25) is 0 Å². The van der Waals surface area contributed by atoms with Crippen molar-refractivity contribution in [1.29, 1.82) is 0 Å². The number of amides is 1. The Kier molecular flexibility index (Phi) is 5.34. The van der Waals surface area contributed by atoms with Crippen molar-refractivity contribution >= 4 is 11.7 Å². The van der Waals surface area contributed by atoms with Gasteiger partial charge in [0.1, 0.15) is 11.6 Å². The monoisotopic (exact) mass is 440 g/mol. The molecule has 0 radical (unpaired) electrons. The average Bonchev–Trinajstić information content (AvgIpc) is 3.15. The highest BCUT2D eigenvalue weighted by Crippen LogP contribution is 2.40. The van der Waals surface area contributed by atoms with Gasteiger partial charge in [-0.3, -0.25) is 4.79 Å². The highest BCUT2D eigenvalue weighted by molar-refractivity contribution is 5.95. The van der Waals surface area contributed by atoms with Crippen molar-refractivity contribution in [2.24, 2.45) is 0 Å². The summed E-state index contributed by atoms with van der Waals surface area (Å²) in [4.78, 5) is 17.4. The second-order valence-electron chi connectivity index (χ2n) is 8.31. The number of hydrogen-bond donors (Lipinski definition) is 1. The van der Waals surface area contributed by atoms with E-state index in [4.69, 9.17) is 4.74 Å². The molecule has 0 bridgehead atoms. The molecule has 0 unspecified atom stereocenters. The van der Waals surface area contributed by atoms with E-state index >= 15 is 0 Å². The van der Waals surface area contributed by atoms with Gasteiger partial charge >= 0.3 is 0 Å². The van der Waals surface area contributed by atoms with Gasteiger partial charge in [-0.25, -0.2) is 4.98 Å². The van der Waals surface area contributed by atoms with E-state index in [1.165, 1.54) is 0 Å². The fourth-order valence-corrected chi connectivity index (χ4v) is 4.19. The second-order valence-corrected chi connectivity index (χ2v) is 8.31. The van der Waals surface area contributed by atoms with Gasteiger partial charge in [0.25, 0.3) is 5.95 Å². The van der Waals surface area contributed by atoms with Crippen molar-refractivity contribution in [3.63, 3.8) is 0 Å². The van der Waals surface area contributed by atoms with Gasteiger partial charge in [0.05, 0.1) is 23.7 Å². The maximum absolute atomic E-state index is 12.7. The number of rotatable bonds is 5. The van der Waals surface area contributed by atoms with E-state index in [2.05, 4.69) is 25.6 Å². The molecule has 5 rings (SSSR count). The van der Waals surface area contributed by atoms with Gasteiger partial charge in [-0.15, -0.1) is 5.10 Å². The van der Waals surface area contributed by atoms with Crippen LogP contribution in [0.15, 0.2) is 60.8 Å². The van der Waals surface area contributed by atoms with Gasteiger partial charge in [0, 0.05) is 23.5 Å². The number of ether oxygens (including phenoxy) is 1. The standard InChI is InChI=1S/C25H24N6O2/c1-15(2)33-19-11-7-10-18(12-19)20-13-22(32)28-24-23(20)16(3)30-31(24)25-27-21(14-26-29-25)17-8-5-4-6-9-17/h4-12,14-15,20H,13H2,1-3H3,(H,28,32)/t20-/m1/s1. The van der Waals surface area contributed by atoms with Crippen molar-refractivity contribution in [2.75, 3.05) is 5.32 Å². The van der Waals surface area contributed by atoms with Gasteiger partial charge in [-0.2, -0.15) is 14.9 Å². The van der Waals surface area contributed by atoms with Crippen molar-refractivity contribution < 1.29 is 9.53 Å². The van der Waals surface area contributed by atoms with Gasteiger partial charge in [0.15, 0.2) is 0 Å². The number of carbonyl (C=O) groups is 1. The molecule has 0 spiro atoms. The van der Waals surface area contributed by atoms with Crippen molar-refractivity contribution in [2.45, 2.75) is 39.2 Å². The van der Waals surface area contributed by atoms with Crippen LogP contribution in [0.5, 0.6) is 5.75 Å². The van der Waals surface area contributed by atoms with Crippen LogP contribution < -0.4 is 10.1 Å². The fraction of sp³-hybridized carbons (Fsp3) is 0.240. The van der Waals surface area contributed by atoms with E-state index in [-0.39, 0.29) is 17.9 Å². The Morgan fingerprint density at radius 1 is 1.12 bits per heavy atom. The number of nitrogens with one attached hydrogen (secondary N) is 1. The molecule has 4 aromatic rings. The van der Waals surface area contributed by atoms with Gasteiger partial charge in [-0.1, -0.05) is 42.5 Å². The summed E-state index contributed by atoms with van der Waals surface area (Å²) in [7, 11) is 0. The lowest BCUT2D eigenvalue weighted by Gasteiger charge is -2.24. The first kappa shape index (κ1) is 20.8. The lowest BCUT2D eigenvalue weighted by molar-refractivity contribution is -0.116. The number of benzene rings is 2. The molecule has 8 heteroatoms. The molecule has 0 saturated heterocycles. The number of nitrogens with zero attached hydrogens (tertiary/aromatic N) is 5. The molecule has 33 heavy (non-hydrogen) atoms. The largest absolute Gasteiger partial charge is 0.491 e. The molecule has 3 heterocycles. The maximum Gasteiger partial charge on any atom is 0.272 e. The van der Waals surface area contributed by atoms with Crippen LogP contribution >= 0.6 is 0 Å². The first-order valence-corrected chi connectivity index (χ1v) is 10.9. The van der Waals surface area contributed by atoms with Gasteiger partial charge in [0.2, 0.25) is 5.91 Å². The molecule has 0 fully saturated rings. The van der Waals surface area contributed by atoms with Crippen LogP contribution in [0.4, 0.5) is 5.82 Å². The van der Waals surface area contributed by atoms with Crippen molar-refractivity contribution in [1.82, 2.24) is 25.0 Å². The van der Waals surface area contributed by atoms with E-state index < -0.39 is 0 Å². The van der Waals surface area contributed by atoms with Crippen LogP contribution in [0.25, 0.3) is 17.2 Å². The van der Waals surface area contributed by atoms with Crippen LogP contribution in [-0.2, 0) is 4.79 Å². The number of fused-ring (bicyclic) bond motifs is 1. The lowest BCUT2D eigenvalue weighted by atomic mass is 9.86. The van der Waals surface area contributed by atoms with Crippen LogP contribution in [0.1, 0.15) is 43.0 Å². The predicted molar refractivity (Wildman–Crippen MR) is 124 cm³/mol. The number of aryl methyl sites for hydroxylation is 1. The molecular formula is C25H24N6O2. The number of aromatic nitrogens is 5. The Hall–Kier alpha value is -4.07.